The second-order valence-corrected chi connectivity index (χ2v) is 9.42. The van der Waals surface area contributed by atoms with E-state index in [1.165, 1.54) is 4.90 Å². The summed E-state index contributed by atoms with van der Waals surface area (Å²) in [6, 6.07) is 8.50. The molecule has 158 valence electrons. The Morgan fingerprint density at radius 3 is 2.14 bits per heavy atom. The van der Waals surface area contributed by atoms with Gasteiger partial charge in [0.05, 0.1) is 6.54 Å². The van der Waals surface area contributed by atoms with Crippen LogP contribution in [-0.2, 0) is 4.79 Å². The average Bonchev–Trinajstić information content (AvgIpc) is 2.83. The highest BCUT2D eigenvalue weighted by Gasteiger charge is 2.63. The van der Waals surface area contributed by atoms with E-state index in [9.17, 15) is 14.4 Å². The first-order chi connectivity index (χ1) is 13.7. The lowest BCUT2D eigenvalue weighted by molar-refractivity contribution is -0.140. The van der Waals surface area contributed by atoms with Crippen molar-refractivity contribution in [2.24, 2.45) is 17.3 Å². The second-order valence-electron chi connectivity index (χ2n) is 9.42. The van der Waals surface area contributed by atoms with Crippen LogP contribution in [0.15, 0.2) is 30.3 Å². The number of carbonyl (C=O) groups is 3. The quantitative estimate of drug-likeness (QED) is 0.408. The Balaban J connectivity index is 1.95. The summed E-state index contributed by atoms with van der Waals surface area (Å²) in [7, 11) is 1.73. The van der Waals surface area contributed by atoms with Gasteiger partial charge in [0.15, 0.2) is 5.78 Å². The Hall–Kier alpha value is -2.17. The SMILES string of the molecule is CCC1(C2(C)C(=O)N(CC(=O)c3ccccc3)C(=O)N2C)CC(C)CCC(C)C1. The number of amides is 3. The number of carbonyl (C=O) groups excluding carboxylic acids is 3. The van der Waals surface area contributed by atoms with Crippen molar-refractivity contribution in [2.45, 2.75) is 65.3 Å². The van der Waals surface area contributed by atoms with Crippen molar-refractivity contribution in [1.29, 1.82) is 0 Å². The Morgan fingerprint density at radius 2 is 1.62 bits per heavy atom. The third kappa shape index (κ3) is 3.49. The smallest absolute Gasteiger partial charge is 0.312 e. The summed E-state index contributed by atoms with van der Waals surface area (Å²) < 4.78 is 0. The molecule has 5 nitrogen and oxygen atoms in total. The van der Waals surface area contributed by atoms with Crippen LogP contribution in [0.2, 0.25) is 0 Å². The molecule has 1 saturated carbocycles. The summed E-state index contributed by atoms with van der Waals surface area (Å²) in [5, 5.41) is 0. The van der Waals surface area contributed by atoms with Crippen LogP contribution in [0.3, 0.4) is 0 Å². The molecular weight excluding hydrogens is 364 g/mol. The summed E-state index contributed by atoms with van der Waals surface area (Å²) in [5.41, 5.74) is -0.692. The number of rotatable bonds is 5. The van der Waals surface area contributed by atoms with Gasteiger partial charge in [-0.05, 0) is 38.0 Å². The van der Waals surface area contributed by atoms with Gasteiger partial charge >= 0.3 is 6.03 Å². The van der Waals surface area contributed by atoms with E-state index in [2.05, 4.69) is 20.8 Å². The topological polar surface area (TPSA) is 57.7 Å². The van der Waals surface area contributed by atoms with E-state index in [4.69, 9.17) is 0 Å². The van der Waals surface area contributed by atoms with E-state index in [0.717, 1.165) is 32.1 Å². The molecule has 3 rings (SSSR count). The lowest BCUT2D eigenvalue weighted by atomic mass is 9.61. The molecule has 0 aromatic heterocycles. The average molecular weight is 399 g/mol. The monoisotopic (exact) mass is 398 g/mol. The minimum absolute atomic E-state index is 0.202. The third-order valence-electron chi connectivity index (χ3n) is 7.59. The summed E-state index contributed by atoms with van der Waals surface area (Å²) in [6.07, 6.45) is 4.99. The molecule has 0 N–H and O–H groups in total. The zero-order valence-electron chi connectivity index (χ0n) is 18.4. The molecule has 0 spiro atoms. The van der Waals surface area contributed by atoms with Crippen LogP contribution in [0, 0.1) is 17.3 Å². The van der Waals surface area contributed by atoms with Gasteiger partial charge in [-0.3, -0.25) is 14.5 Å². The number of ketones is 1. The highest BCUT2D eigenvalue weighted by atomic mass is 16.2. The van der Waals surface area contributed by atoms with E-state index in [1.807, 2.05) is 13.0 Å². The fraction of sp³-hybridized carbons (Fsp3) is 0.625. The third-order valence-corrected chi connectivity index (χ3v) is 7.59. The van der Waals surface area contributed by atoms with Crippen LogP contribution in [0.1, 0.15) is 70.2 Å². The van der Waals surface area contributed by atoms with E-state index >= 15 is 0 Å². The molecule has 1 heterocycles. The van der Waals surface area contributed by atoms with Gasteiger partial charge in [0, 0.05) is 18.0 Å². The van der Waals surface area contributed by atoms with Crippen LogP contribution in [0.5, 0.6) is 0 Å². The summed E-state index contributed by atoms with van der Waals surface area (Å²) >= 11 is 0. The largest absolute Gasteiger partial charge is 0.327 e. The van der Waals surface area contributed by atoms with Gasteiger partial charge in [-0.25, -0.2) is 4.79 Å². The molecule has 5 heteroatoms. The van der Waals surface area contributed by atoms with Gasteiger partial charge < -0.3 is 4.90 Å². The van der Waals surface area contributed by atoms with Crippen molar-refractivity contribution in [1.82, 2.24) is 9.80 Å². The van der Waals surface area contributed by atoms with E-state index < -0.39 is 5.54 Å². The van der Waals surface area contributed by atoms with E-state index in [-0.39, 0.29) is 29.7 Å². The molecule has 1 saturated heterocycles. The molecule has 3 atom stereocenters. The Labute approximate surface area is 174 Å². The van der Waals surface area contributed by atoms with Gasteiger partial charge in [0.1, 0.15) is 5.54 Å². The number of hydrogen-bond donors (Lipinski definition) is 0. The lowest BCUT2D eigenvalue weighted by Crippen LogP contribution is -2.59. The lowest BCUT2D eigenvalue weighted by Gasteiger charge is -2.49. The molecule has 1 aliphatic carbocycles. The van der Waals surface area contributed by atoms with Crippen molar-refractivity contribution in [3.63, 3.8) is 0 Å². The van der Waals surface area contributed by atoms with Crippen molar-refractivity contribution in [3.05, 3.63) is 35.9 Å². The van der Waals surface area contributed by atoms with Crippen molar-refractivity contribution in [3.8, 4) is 0 Å². The normalized spacial score (nSPS) is 33.1. The first-order valence-electron chi connectivity index (χ1n) is 10.8. The van der Waals surface area contributed by atoms with Gasteiger partial charge in [-0.15, -0.1) is 0 Å². The molecule has 3 unspecified atom stereocenters. The maximum Gasteiger partial charge on any atom is 0.327 e. The minimum Gasteiger partial charge on any atom is -0.312 e. The molecule has 29 heavy (non-hydrogen) atoms. The van der Waals surface area contributed by atoms with Crippen LogP contribution < -0.4 is 0 Å². The van der Waals surface area contributed by atoms with Crippen LogP contribution >= 0.6 is 0 Å². The molecule has 2 fully saturated rings. The van der Waals surface area contributed by atoms with Crippen LogP contribution in [0.4, 0.5) is 4.79 Å². The fourth-order valence-electron chi connectivity index (χ4n) is 5.67. The minimum atomic E-state index is -0.928. The standard InChI is InChI=1S/C24H34N2O3/c1-6-24(14-17(2)12-13-18(3)15-24)23(4)21(28)26(22(29)25(23)5)16-20(27)19-10-8-7-9-11-19/h7-11,17-18H,6,12-16H2,1-5H3. The molecule has 0 bridgehead atoms. The number of hydrogen-bond acceptors (Lipinski definition) is 3. The molecular formula is C24H34N2O3. The van der Waals surface area contributed by atoms with Gasteiger partial charge in [0.2, 0.25) is 0 Å². The number of Topliss-reactive ketones (excluding diaryl/α,β-unsaturated/α-hetero) is 1. The summed E-state index contributed by atoms with van der Waals surface area (Å²) in [6.45, 7) is 8.37. The van der Waals surface area contributed by atoms with Crippen LogP contribution in [-0.4, -0.2) is 46.7 Å². The zero-order chi connectivity index (χ0) is 21.4. The number of imide groups is 1. The maximum atomic E-state index is 13.7. The summed E-state index contributed by atoms with van der Waals surface area (Å²) in [5.74, 6) is 0.580. The Morgan fingerprint density at radius 1 is 1.07 bits per heavy atom. The molecule has 0 radical (unpaired) electrons. The highest BCUT2D eigenvalue weighted by molar-refractivity contribution is 6.11. The zero-order valence-corrected chi connectivity index (χ0v) is 18.4. The molecule has 3 amide bonds. The second kappa shape index (κ2) is 7.92. The number of nitrogens with zero attached hydrogens (tertiary/aromatic N) is 2. The van der Waals surface area contributed by atoms with Crippen molar-refractivity contribution in [2.75, 3.05) is 13.6 Å². The van der Waals surface area contributed by atoms with Crippen molar-refractivity contribution >= 4 is 17.7 Å². The molecule has 1 aromatic carbocycles. The first-order valence-corrected chi connectivity index (χ1v) is 10.8. The molecule has 1 aliphatic heterocycles. The van der Waals surface area contributed by atoms with E-state index in [0.29, 0.717) is 17.4 Å². The number of urea groups is 1. The molecule has 2 aliphatic rings. The molecule has 1 aromatic rings. The Kier molecular flexibility index (Phi) is 5.88. The first kappa shape index (κ1) is 21.5. The maximum absolute atomic E-state index is 13.7. The predicted molar refractivity (Wildman–Crippen MR) is 114 cm³/mol. The number of benzene rings is 1. The number of likely N-dealkylation sites (N-methyl/N-ethyl adjacent to an activating group) is 1. The van der Waals surface area contributed by atoms with E-state index in [1.54, 1.807) is 36.2 Å². The van der Waals surface area contributed by atoms with Gasteiger partial charge in [-0.1, -0.05) is 63.9 Å². The summed E-state index contributed by atoms with van der Waals surface area (Å²) in [4.78, 5) is 42.4. The van der Waals surface area contributed by atoms with Crippen LogP contribution in [0.25, 0.3) is 0 Å². The van der Waals surface area contributed by atoms with Gasteiger partial charge in [0.25, 0.3) is 5.91 Å². The fourth-order valence-corrected chi connectivity index (χ4v) is 5.67. The van der Waals surface area contributed by atoms with Gasteiger partial charge in [-0.2, -0.15) is 0 Å². The highest BCUT2D eigenvalue weighted by Crippen LogP contribution is 2.54. The van der Waals surface area contributed by atoms with Crippen molar-refractivity contribution < 1.29 is 14.4 Å². The predicted octanol–water partition coefficient (Wildman–Crippen LogP) is 4.76. The Bertz CT molecular complexity index is 779.